The maximum absolute atomic E-state index is 11.9. The summed E-state index contributed by atoms with van der Waals surface area (Å²) in [5, 5.41) is 0. The molecule has 2 aromatic carbocycles. The van der Waals surface area contributed by atoms with Crippen molar-refractivity contribution < 1.29 is 19.0 Å². The first-order valence-corrected chi connectivity index (χ1v) is 6.24. The van der Waals surface area contributed by atoms with Crippen molar-refractivity contribution in [3.8, 4) is 17.2 Å². The fraction of sp³-hybridized carbons (Fsp3) is 0.0625. The summed E-state index contributed by atoms with van der Waals surface area (Å²) in [6, 6.07) is 13.0. The molecule has 0 N–H and O–H groups in total. The van der Waals surface area contributed by atoms with Crippen LogP contribution in [0.15, 0.2) is 42.5 Å². The highest BCUT2D eigenvalue weighted by Gasteiger charge is 2.26. The zero-order valence-corrected chi connectivity index (χ0v) is 10.5. The summed E-state index contributed by atoms with van der Waals surface area (Å²) in [6.45, 7) is 0.236. The Morgan fingerprint density at radius 2 is 1.80 bits per heavy atom. The first-order chi connectivity index (χ1) is 9.81. The zero-order valence-electron chi connectivity index (χ0n) is 10.5. The minimum absolute atomic E-state index is 0.236. The van der Waals surface area contributed by atoms with E-state index in [9.17, 15) is 4.79 Å². The van der Waals surface area contributed by atoms with E-state index >= 15 is 0 Å². The number of benzene rings is 2. The van der Waals surface area contributed by atoms with Gasteiger partial charge >= 0.3 is 5.97 Å². The van der Waals surface area contributed by atoms with Gasteiger partial charge in [0, 0.05) is 5.56 Å². The van der Waals surface area contributed by atoms with Crippen LogP contribution < -0.4 is 14.2 Å². The first-order valence-electron chi connectivity index (χ1n) is 6.24. The van der Waals surface area contributed by atoms with Gasteiger partial charge in [-0.25, -0.2) is 4.79 Å². The van der Waals surface area contributed by atoms with Gasteiger partial charge in [-0.3, -0.25) is 0 Å². The van der Waals surface area contributed by atoms with Gasteiger partial charge in [-0.15, -0.1) is 0 Å². The maximum Gasteiger partial charge on any atom is 0.344 e. The van der Waals surface area contributed by atoms with Crippen molar-refractivity contribution in [2.45, 2.75) is 0 Å². The van der Waals surface area contributed by atoms with Crippen LogP contribution >= 0.6 is 0 Å². The number of carbonyl (C=O) groups excluding carboxylic acids is 1. The van der Waals surface area contributed by atoms with Crippen molar-refractivity contribution in [1.29, 1.82) is 0 Å². The smallest absolute Gasteiger partial charge is 0.344 e. The summed E-state index contributed by atoms with van der Waals surface area (Å²) in [6.07, 6.45) is 1.80. The quantitative estimate of drug-likeness (QED) is 0.452. The predicted molar refractivity (Wildman–Crippen MR) is 72.5 cm³/mol. The number of ether oxygens (including phenoxy) is 3. The van der Waals surface area contributed by atoms with Crippen LogP contribution in [0.3, 0.4) is 0 Å². The van der Waals surface area contributed by atoms with Crippen LogP contribution in [0.5, 0.6) is 17.2 Å². The highest BCUT2D eigenvalue weighted by atomic mass is 16.7. The largest absolute Gasteiger partial charge is 0.454 e. The third kappa shape index (κ3) is 1.66. The van der Waals surface area contributed by atoms with Crippen molar-refractivity contribution in [2.24, 2.45) is 0 Å². The van der Waals surface area contributed by atoms with Crippen LogP contribution in [0.1, 0.15) is 11.1 Å². The third-order valence-electron chi connectivity index (χ3n) is 3.31. The highest BCUT2D eigenvalue weighted by molar-refractivity contribution is 6.25. The number of esters is 1. The van der Waals surface area contributed by atoms with Crippen molar-refractivity contribution in [3.05, 3.63) is 53.6 Å². The second kappa shape index (κ2) is 4.13. The highest BCUT2D eigenvalue weighted by Crippen LogP contribution is 2.37. The monoisotopic (exact) mass is 266 g/mol. The van der Waals surface area contributed by atoms with E-state index in [1.807, 2.05) is 36.4 Å². The summed E-state index contributed by atoms with van der Waals surface area (Å²) in [4.78, 5) is 11.9. The number of fused-ring (bicyclic) bond motifs is 2. The zero-order chi connectivity index (χ0) is 13.5. The standard InChI is InChI=1S/C16H10O4/c17-16-12(11-3-1-2-4-13(11)20-16)7-10-5-6-14-15(8-10)19-9-18-14/h1-8H,9H2/b12-7-. The second-order valence-electron chi connectivity index (χ2n) is 4.56. The predicted octanol–water partition coefficient (Wildman–Crippen LogP) is 2.87. The Morgan fingerprint density at radius 1 is 0.950 bits per heavy atom. The van der Waals surface area contributed by atoms with Gasteiger partial charge < -0.3 is 14.2 Å². The fourth-order valence-electron chi connectivity index (χ4n) is 2.35. The van der Waals surface area contributed by atoms with E-state index in [0.717, 1.165) is 16.9 Å². The molecule has 0 spiro atoms. The van der Waals surface area contributed by atoms with Crippen molar-refractivity contribution >= 4 is 17.6 Å². The molecule has 0 aliphatic carbocycles. The van der Waals surface area contributed by atoms with Crippen molar-refractivity contribution in [2.75, 3.05) is 6.79 Å². The molecule has 0 fully saturated rings. The fourth-order valence-corrected chi connectivity index (χ4v) is 2.35. The lowest BCUT2D eigenvalue weighted by Crippen LogP contribution is -2.00. The van der Waals surface area contributed by atoms with Gasteiger partial charge in [0.1, 0.15) is 5.75 Å². The minimum atomic E-state index is -0.330. The molecule has 20 heavy (non-hydrogen) atoms. The van der Waals surface area contributed by atoms with E-state index in [0.29, 0.717) is 17.1 Å². The summed E-state index contributed by atoms with van der Waals surface area (Å²) < 4.78 is 15.8. The molecule has 2 aliphatic heterocycles. The molecule has 98 valence electrons. The van der Waals surface area contributed by atoms with Crippen molar-refractivity contribution in [3.63, 3.8) is 0 Å². The van der Waals surface area contributed by atoms with Crippen LogP contribution in [0.4, 0.5) is 0 Å². The lowest BCUT2D eigenvalue weighted by atomic mass is 10.0. The number of hydrogen-bond donors (Lipinski definition) is 0. The van der Waals surface area contributed by atoms with Gasteiger partial charge in [-0.05, 0) is 29.8 Å². The lowest BCUT2D eigenvalue weighted by Gasteiger charge is -1.99. The van der Waals surface area contributed by atoms with Crippen LogP contribution in [-0.4, -0.2) is 12.8 Å². The molecule has 0 saturated carbocycles. The summed E-state index contributed by atoms with van der Waals surface area (Å²) in [5.41, 5.74) is 2.24. The molecule has 0 amide bonds. The molecule has 0 saturated heterocycles. The molecule has 0 atom stereocenters. The number of carbonyl (C=O) groups is 1. The molecular formula is C16H10O4. The second-order valence-corrected chi connectivity index (χ2v) is 4.56. The molecule has 2 aliphatic rings. The van der Waals surface area contributed by atoms with Crippen LogP contribution in [0, 0.1) is 0 Å². The third-order valence-corrected chi connectivity index (χ3v) is 3.31. The average molecular weight is 266 g/mol. The maximum atomic E-state index is 11.9. The minimum Gasteiger partial charge on any atom is -0.454 e. The van der Waals surface area contributed by atoms with Gasteiger partial charge in [-0.2, -0.15) is 0 Å². The van der Waals surface area contributed by atoms with Crippen molar-refractivity contribution in [1.82, 2.24) is 0 Å². The Hall–Kier alpha value is -2.75. The van der Waals surface area contributed by atoms with Gasteiger partial charge in [0.25, 0.3) is 0 Å². The molecule has 0 aromatic heterocycles. The van der Waals surface area contributed by atoms with Gasteiger partial charge in [0.2, 0.25) is 6.79 Å². The topological polar surface area (TPSA) is 44.8 Å². The van der Waals surface area contributed by atoms with Crippen LogP contribution in [-0.2, 0) is 4.79 Å². The Kier molecular flexibility index (Phi) is 2.29. The van der Waals surface area contributed by atoms with E-state index in [1.165, 1.54) is 0 Å². The molecule has 0 bridgehead atoms. The van der Waals surface area contributed by atoms with Gasteiger partial charge in [0.15, 0.2) is 11.5 Å². The molecule has 2 heterocycles. The molecule has 0 unspecified atom stereocenters. The SMILES string of the molecule is O=C1Oc2ccccc2/C1=C/c1ccc2c(c1)OCO2. The molecule has 4 heteroatoms. The van der Waals surface area contributed by atoms with Crippen LogP contribution in [0.25, 0.3) is 11.6 Å². The summed E-state index contributed by atoms with van der Waals surface area (Å²) in [7, 11) is 0. The summed E-state index contributed by atoms with van der Waals surface area (Å²) >= 11 is 0. The molecular weight excluding hydrogens is 256 g/mol. The Morgan fingerprint density at radius 3 is 2.75 bits per heavy atom. The summed E-state index contributed by atoms with van der Waals surface area (Å²) in [5.74, 6) is 1.69. The Bertz CT molecular complexity index is 746. The normalized spacial score (nSPS) is 17.2. The van der Waals surface area contributed by atoms with E-state index in [2.05, 4.69) is 0 Å². The van der Waals surface area contributed by atoms with E-state index < -0.39 is 0 Å². The molecule has 0 radical (unpaired) electrons. The lowest BCUT2D eigenvalue weighted by molar-refractivity contribution is -0.126. The molecule has 4 nitrogen and oxygen atoms in total. The number of rotatable bonds is 1. The molecule has 4 rings (SSSR count). The van der Waals surface area contributed by atoms with Gasteiger partial charge in [-0.1, -0.05) is 24.3 Å². The van der Waals surface area contributed by atoms with Crippen LogP contribution in [0.2, 0.25) is 0 Å². The Balaban J connectivity index is 1.79. The van der Waals surface area contributed by atoms with E-state index in [4.69, 9.17) is 14.2 Å². The number of hydrogen-bond acceptors (Lipinski definition) is 4. The van der Waals surface area contributed by atoms with E-state index in [1.54, 1.807) is 12.1 Å². The average Bonchev–Trinajstić information content (AvgIpc) is 3.04. The van der Waals surface area contributed by atoms with E-state index in [-0.39, 0.29) is 12.8 Å². The molecule has 2 aromatic rings. The Labute approximate surface area is 115 Å². The van der Waals surface area contributed by atoms with Gasteiger partial charge in [0.05, 0.1) is 5.57 Å². The number of para-hydroxylation sites is 1. The first kappa shape index (κ1) is 11.1.